The number of carbonyl (C=O) groups is 1. The quantitative estimate of drug-likeness (QED) is 0.0899. The maximum Gasteiger partial charge on any atom is 0.573 e. The van der Waals surface area contributed by atoms with Crippen LogP contribution in [0.3, 0.4) is 0 Å². The summed E-state index contributed by atoms with van der Waals surface area (Å²) in [5.74, 6) is -0.742. The monoisotopic (exact) mass is 749 g/mol. The van der Waals surface area contributed by atoms with Gasteiger partial charge in [0.25, 0.3) is 0 Å². The first-order valence-electron chi connectivity index (χ1n) is 16.6. The van der Waals surface area contributed by atoms with E-state index in [0.29, 0.717) is 43.1 Å². The van der Waals surface area contributed by atoms with Gasteiger partial charge in [-0.15, -0.1) is 26.3 Å². The number of nitrogens with zero attached hydrogens (tertiary/aromatic N) is 1. The molecule has 5 rings (SSSR count). The van der Waals surface area contributed by atoms with E-state index in [2.05, 4.69) is 9.47 Å². The molecule has 0 aliphatic carbocycles. The highest BCUT2D eigenvalue weighted by Gasteiger charge is 2.41. The van der Waals surface area contributed by atoms with Crippen LogP contribution in [0.15, 0.2) is 103 Å². The summed E-state index contributed by atoms with van der Waals surface area (Å²) in [6.45, 7) is 1.19. The van der Waals surface area contributed by atoms with Crippen molar-refractivity contribution in [3.63, 3.8) is 0 Å². The average molecular weight is 750 g/mol. The van der Waals surface area contributed by atoms with E-state index in [-0.39, 0.29) is 26.3 Å². The van der Waals surface area contributed by atoms with Crippen molar-refractivity contribution in [1.82, 2.24) is 4.90 Å². The topological polar surface area (TPSA) is 95.9 Å². The van der Waals surface area contributed by atoms with Gasteiger partial charge in [0.1, 0.15) is 17.2 Å². The second kappa shape index (κ2) is 18.2. The van der Waals surface area contributed by atoms with Gasteiger partial charge in [-0.05, 0) is 58.7 Å². The molecule has 284 valence electrons. The fourth-order valence-electron chi connectivity index (χ4n) is 5.76. The number of halogens is 6. The zero-order chi connectivity index (χ0) is 37.8. The highest BCUT2D eigenvalue weighted by molar-refractivity contribution is 5.65. The molecule has 0 aromatic heterocycles. The molecule has 1 N–H and O–H groups in total. The van der Waals surface area contributed by atoms with E-state index in [4.69, 9.17) is 18.9 Å². The summed E-state index contributed by atoms with van der Waals surface area (Å²) < 4.78 is 108. The Kier molecular flexibility index (Phi) is 13.4. The first-order chi connectivity index (χ1) is 25.3. The summed E-state index contributed by atoms with van der Waals surface area (Å²) in [4.78, 5) is 13.3. The van der Waals surface area contributed by atoms with Gasteiger partial charge in [0.2, 0.25) is 0 Å². The molecule has 0 saturated carbocycles. The van der Waals surface area contributed by atoms with Crippen LogP contribution in [0.1, 0.15) is 34.6 Å². The molecule has 1 amide bonds. The highest BCUT2D eigenvalue weighted by atomic mass is 19.4. The minimum absolute atomic E-state index is 0.0418. The number of alkyl halides is 6. The molecule has 1 saturated heterocycles. The zero-order valence-corrected chi connectivity index (χ0v) is 28.2. The molecule has 0 radical (unpaired) electrons. The molecule has 4 aromatic rings. The summed E-state index contributed by atoms with van der Waals surface area (Å²) in [5.41, 5.74) is 2.85. The van der Waals surface area contributed by atoms with E-state index < -0.39 is 48.4 Å². The first kappa shape index (κ1) is 39.2. The Morgan fingerprint density at radius 1 is 0.623 bits per heavy atom. The van der Waals surface area contributed by atoms with Gasteiger partial charge in [-0.3, -0.25) is 0 Å². The van der Waals surface area contributed by atoms with E-state index in [0.717, 1.165) is 40.3 Å². The Morgan fingerprint density at radius 3 is 1.57 bits per heavy atom. The van der Waals surface area contributed by atoms with Crippen molar-refractivity contribution >= 4 is 6.09 Å². The molecule has 53 heavy (non-hydrogen) atoms. The van der Waals surface area contributed by atoms with Gasteiger partial charge in [0.15, 0.2) is 0 Å². The third kappa shape index (κ3) is 12.9. The Hall–Kier alpha value is -4.99. The van der Waals surface area contributed by atoms with Crippen LogP contribution in [-0.2, 0) is 34.0 Å². The Morgan fingerprint density at radius 2 is 1.09 bits per heavy atom. The van der Waals surface area contributed by atoms with E-state index >= 15 is 0 Å². The standard InChI is InChI=1S/C38H37F6NO8/c39-37(40,41)52-31-13-7-27(8-14-31)24-50-33-21-45(36(46)47)22-34(51-25-28-9-15-32(16-10-28)53-38(42,43)44)35(33)29-11-17-30(18-12-29)49-20-4-19-48-23-26-5-2-1-3-6-26/h1-3,5-18,33-35H,4,19-25H2,(H,46,47). The molecule has 2 atom stereocenters. The number of hydrogen-bond acceptors (Lipinski definition) is 7. The predicted octanol–water partition coefficient (Wildman–Crippen LogP) is 8.72. The fraction of sp³-hybridized carbons (Fsp3) is 0.342. The van der Waals surface area contributed by atoms with E-state index in [1.807, 2.05) is 42.5 Å². The van der Waals surface area contributed by atoms with Crippen molar-refractivity contribution in [1.29, 1.82) is 0 Å². The fourth-order valence-corrected chi connectivity index (χ4v) is 5.76. The van der Waals surface area contributed by atoms with Crippen LogP contribution in [0.4, 0.5) is 31.1 Å². The molecule has 1 fully saturated rings. The predicted molar refractivity (Wildman–Crippen MR) is 178 cm³/mol. The van der Waals surface area contributed by atoms with Crippen LogP contribution in [-0.4, -0.2) is 67.3 Å². The molecule has 1 heterocycles. The smallest absolute Gasteiger partial charge is 0.494 e. The van der Waals surface area contributed by atoms with E-state index in [1.54, 1.807) is 12.1 Å². The van der Waals surface area contributed by atoms with Gasteiger partial charge >= 0.3 is 18.8 Å². The lowest BCUT2D eigenvalue weighted by molar-refractivity contribution is -0.275. The van der Waals surface area contributed by atoms with Gasteiger partial charge in [-0.25, -0.2) is 4.79 Å². The number of likely N-dealkylation sites (tertiary alicyclic amines) is 1. The van der Waals surface area contributed by atoms with E-state index in [1.165, 1.54) is 24.3 Å². The maximum absolute atomic E-state index is 12.6. The first-order valence-corrected chi connectivity index (χ1v) is 16.6. The Bertz CT molecular complexity index is 1630. The average Bonchev–Trinajstić information content (AvgIpc) is 3.11. The summed E-state index contributed by atoms with van der Waals surface area (Å²) in [6.07, 6.45) is -11.8. The van der Waals surface area contributed by atoms with Gasteiger partial charge in [-0.1, -0.05) is 66.7 Å². The second-order valence-electron chi connectivity index (χ2n) is 12.1. The van der Waals surface area contributed by atoms with Crippen molar-refractivity contribution in [3.05, 3.63) is 125 Å². The molecular formula is C38H37F6NO8. The van der Waals surface area contributed by atoms with Gasteiger partial charge in [-0.2, -0.15) is 0 Å². The van der Waals surface area contributed by atoms with Crippen LogP contribution in [0.5, 0.6) is 17.2 Å². The summed E-state index contributed by atoms with van der Waals surface area (Å²) in [6, 6.07) is 27.2. The number of hydrogen-bond donors (Lipinski definition) is 1. The van der Waals surface area contributed by atoms with Crippen molar-refractivity contribution in [2.75, 3.05) is 26.3 Å². The highest BCUT2D eigenvalue weighted by Crippen LogP contribution is 2.35. The largest absolute Gasteiger partial charge is 0.573 e. The van der Waals surface area contributed by atoms with Crippen molar-refractivity contribution in [3.8, 4) is 17.2 Å². The minimum atomic E-state index is -4.85. The number of carboxylic acid groups (broad SMARTS) is 1. The van der Waals surface area contributed by atoms with Crippen LogP contribution in [0, 0.1) is 0 Å². The Balaban J connectivity index is 1.28. The summed E-state index contributed by atoms with van der Waals surface area (Å²) >= 11 is 0. The number of ether oxygens (including phenoxy) is 6. The molecular weight excluding hydrogens is 712 g/mol. The third-order valence-electron chi connectivity index (χ3n) is 8.19. The van der Waals surface area contributed by atoms with E-state index in [9.17, 15) is 36.2 Å². The number of benzene rings is 4. The number of piperidine rings is 1. The van der Waals surface area contributed by atoms with Crippen LogP contribution >= 0.6 is 0 Å². The van der Waals surface area contributed by atoms with Crippen LogP contribution in [0.25, 0.3) is 0 Å². The van der Waals surface area contributed by atoms with Crippen molar-refractivity contribution in [2.24, 2.45) is 0 Å². The molecule has 1 aliphatic heterocycles. The van der Waals surface area contributed by atoms with Crippen molar-refractivity contribution in [2.45, 2.75) is 57.1 Å². The third-order valence-corrected chi connectivity index (χ3v) is 8.19. The van der Waals surface area contributed by atoms with Gasteiger partial charge < -0.3 is 38.4 Å². The van der Waals surface area contributed by atoms with Crippen LogP contribution < -0.4 is 14.2 Å². The SMILES string of the molecule is O=C(O)N1CC(OCc2ccc(OC(F)(F)F)cc2)C(c2ccc(OCCCOCc3ccccc3)cc2)C(OCc2ccc(OC(F)(F)F)cc2)C1. The lowest BCUT2D eigenvalue weighted by atomic mass is 9.84. The van der Waals surface area contributed by atoms with Crippen molar-refractivity contribution < 1.29 is 64.7 Å². The lowest BCUT2D eigenvalue weighted by Crippen LogP contribution is -2.54. The summed E-state index contributed by atoms with van der Waals surface area (Å²) in [5, 5.41) is 9.96. The molecule has 9 nitrogen and oxygen atoms in total. The second-order valence-corrected chi connectivity index (χ2v) is 12.1. The molecule has 15 heteroatoms. The lowest BCUT2D eigenvalue weighted by Gasteiger charge is -2.42. The molecule has 0 spiro atoms. The normalized spacial score (nSPS) is 17.7. The molecule has 0 bridgehead atoms. The molecule has 4 aromatic carbocycles. The molecule has 2 unspecified atom stereocenters. The minimum Gasteiger partial charge on any atom is -0.494 e. The van der Waals surface area contributed by atoms with Gasteiger partial charge in [0, 0.05) is 12.3 Å². The van der Waals surface area contributed by atoms with Crippen LogP contribution in [0.2, 0.25) is 0 Å². The Labute approximate surface area is 301 Å². The molecule has 1 aliphatic rings. The number of amides is 1. The maximum atomic E-state index is 12.6. The van der Waals surface area contributed by atoms with Gasteiger partial charge in [0.05, 0.1) is 58.3 Å². The zero-order valence-electron chi connectivity index (χ0n) is 28.2. The summed E-state index contributed by atoms with van der Waals surface area (Å²) in [7, 11) is 0. The number of rotatable bonds is 16.